The lowest BCUT2D eigenvalue weighted by atomic mass is 10.1. The van der Waals surface area contributed by atoms with Gasteiger partial charge in [0.15, 0.2) is 0 Å². The number of rotatable bonds is 4. The SMILES string of the molecule is COc1ccc(NC(C)c2cc3ccccc3o2)c(C)c1. The van der Waals surface area contributed by atoms with Crippen LogP contribution in [-0.4, -0.2) is 7.11 Å². The molecule has 0 aliphatic heterocycles. The first kappa shape index (κ1) is 13.6. The molecule has 3 nitrogen and oxygen atoms in total. The molecule has 0 radical (unpaired) electrons. The van der Waals surface area contributed by atoms with Gasteiger partial charge in [0.05, 0.1) is 13.2 Å². The molecular formula is C18H19NO2. The summed E-state index contributed by atoms with van der Waals surface area (Å²) in [6.07, 6.45) is 0. The number of anilines is 1. The number of hydrogen-bond donors (Lipinski definition) is 1. The molecule has 0 aliphatic carbocycles. The van der Waals surface area contributed by atoms with E-state index in [1.54, 1.807) is 7.11 Å². The number of aryl methyl sites for hydroxylation is 1. The minimum Gasteiger partial charge on any atom is -0.497 e. The number of fused-ring (bicyclic) bond motifs is 1. The zero-order valence-corrected chi connectivity index (χ0v) is 12.5. The highest BCUT2D eigenvalue weighted by Crippen LogP contribution is 2.28. The molecule has 0 bridgehead atoms. The average molecular weight is 281 g/mol. The van der Waals surface area contributed by atoms with Gasteiger partial charge in [-0.1, -0.05) is 18.2 Å². The zero-order chi connectivity index (χ0) is 14.8. The van der Waals surface area contributed by atoms with Crippen molar-refractivity contribution in [2.75, 3.05) is 12.4 Å². The first-order valence-corrected chi connectivity index (χ1v) is 7.07. The van der Waals surface area contributed by atoms with Crippen LogP contribution in [0, 0.1) is 6.92 Å². The van der Waals surface area contributed by atoms with Gasteiger partial charge in [0.1, 0.15) is 17.1 Å². The summed E-state index contributed by atoms with van der Waals surface area (Å²) in [5, 5.41) is 4.62. The van der Waals surface area contributed by atoms with Crippen LogP contribution in [0.1, 0.15) is 24.3 Å². The third-order valence-electron chi connectivity index (χ3n) is 3.68. The summed E-state index contributed by atoms with van der Waals surface area (Å²) in [5.41, 5.74) is 3.16. The Balaban J connectivity index is 1.84. The number of benzene rings is 2. The van der Waals surface area contributed by atoms with Crippen molar-refractivity contribution in [2.45, 2.75) is 19.9 Å². The third-order valence-corrected chi connectivity index (χ3v) is 3.68. The van der Waals surface area contributed by atoms with Crippen LogP contribution >= 0.6 is 0 Å². The molecule has 108 valence electrons. The highest BCUT2D eigenvalue weighted by atomic mass is 16.5. The van der Waals surface area contributed by atoms with Gasteiger partial charge in [0.25, 0.3) is 0 Å². The lowest BCUT2D eigenvalue weighted by molar-refractivity contribution is 0.414. The third kappa shape index (κ3) is 2.72. The topological polar surface area (TPSA) is 34.4 Å². The van der Waals surface area contributed by atoms with Crippen molar-refractivity contribution in [3.8, 4) is 5.75 Å². The Labute approximate surface area is 124 Å². The van der Waals surface area contributed by atoms with E-state index >= 15 is 0 Å². The van der Waals surface area contributed by atoms with E-state index in [0.29, 0.717) is 0 Å². The normalized spacial score (nSPS) is 12.3. The van der Waals surface area contributed by atoms with Crippen LogP contribution in [0.25, 0.3) is 11.0 Å². The molecule has 1 N–H and O–H groups in total. The standard InChI is InChI=1S/C18H19NO2/c1-12-10-15(20-3)8-9-16(12)19-13(2)18-11-14-6-4-5-7-17(14)21-18/h4-11,13,19H,1-3H3. The molecule has 3 aromatic rings. The summed E-state index contributed by atoms with van der Waals surface area (Å²) < 4.78 is 11.1. The number of furan rings is 1. The minimum absolute atomic E-state index is 0.101. The Morgan fingerprint density at radius 3 is 2.62 bits per heavy atom. The van der Waals surface area contributed by atoms with Gasteiger partial charge >= 0.3 is 0 Å². The first-order valence-electron chi connectivity index (χ1n) is 7.07. The lowest BCUT2D eigenvalue weighted by Crippen LogP contribution is -2.06. The first-order chi connectivity index (χ1) is 10.2. The molecule has 0 saturated heterocycles. The summed E-state index contributed by atoms with van der Waals surface area (Å²) >= 11 is 0. The number of nitrogens with one attached hydrogen (secondary N) is 1. The largest absolute Gasteiger partial charge is 0.497 e. The quantitative estimate of drug-likeness (QED) is 0.736. The van der Waals surface area contributed by atoms with Crippen molar-refractivity contribution in [2.24, 2.45) is 0 Å². The Morgan fingerprint density at radius 1 is 1.10 bits per heavy atom. The maximum Gasteiger partial charge on any atom is 0.134 e. The van der Waals surface area contributed by atoms with E-state index in [2.05, 4.69) is 31.3 Å². The number of hydrogen-bond acceptors (Lipinski definition) is 3. The maximum atomic E-state index is 5.90. The van der Waals surface area contributed by atoms with Crippen LogP contribution in [0.4, 0.5) is 5.69 Å². The number of ether oxygens (including phenoxy) is 1. The second kappa shape index (κ2) is 5.52. The molecule has 2 aromatic carbocycles. The molecule has 1 atom stereocenters. The van der Waals surface area contributed by atoms with Gasteiger partial charge in [-0.05, 0) is 49.7 Å². The van der Waals surface area contributed by atoms with Gasteiger partial charge in [-0.2, -0.15) is 0 Å². The zero-order valence-electron chi connectivity index (χ0n) is 12.5. The van der Waals surface area contributed by atoms with Crippen molar-refractivity contribution >= 4 is 16.7 Å². The Morgan fingerprint density at radius 2 is 1.90 bits per heavy atom. The van der Waals surface area contributed by atoms with Crippen molar-refractivity contribution < 1.29 is 9.15 Å². The van der Waals surface area contributed by atoms with Crippen LogP contribution in [-0.2, 0) is 0 Å². The van der Waals surface area contributed by atoms with E-state index < -0.39 is 0 Å². The summed E-state index contributed by atoms with van der Waals surface area (Å²) in [7, 11) is 1.68. The van der Waals surface area contributed by atoms with Crippen LogP contribution in [0.5, 0.6) is 5.75 Å². The molecule has 0 spiro atoms. The highest BCUT2D eigenvalue weighted by Gasteiger charge is 2.12. The summed E-state index contributed by atoms with van der Waals surface area (Å²) in [4.78, 5) is 0. The van der Waals surface area contributed by atoms with Crippen molar-refractivity contribution in [3.63, 3.8) is 0 Å². The van der Waals surface area contributed by atoms with E-state index in [9.17, 15) is 0 Å². The fraction of sp³-hybridized carbons (Fsp3) is 0.222. The molecule has 1 unspecified atom stereocenters. The van der Waals surface area contributed by atoms with Crippen LogP contribution in [0.2, 0.25) is 0 Å². The van der Waals surface area contributed by atoms with E-state index in [-0.39, 0.29) is 6.04 Å². The molecule has 0 fully saturated rings. The van der Waals surface area contributed by atoms with Gasteiger partial charge in [-0.15, -0.1) is 0 Å². The average Bonchev–Trinajstić information content (AvgIpc) is 2.93. The van der Waals surface area contributed by atoms with Gasteiger partial charge in [-0.3, -0.25) is 0 Å². The molecular weight excluding hydrogens is 262 g/mol. The van der Waals surface area contributed by atoms with Crippen LogP contribution < -0.4 is 10.1 Å². The van der Waals surface area contributed by atoms with Crippen molar-refractivity contribution in [1.82, 2.24) is 0 Å². The Kier molecular flexibility index (Phi) is 3.57. The fourth-order valence-electron chi connectivity index (χ4n) is 2.45. The number of methoxy groups -OCH3 is 1. The number of para-hydroxylation sites is 1. The van der Waals surface area contributed by atoms with E-state index in [1.165, 1.54) is 0 Å². The van der Waals surface area contributed by atoms with E-state index in [0.717, 1.165) is 33.7 Å². The molecule has 3 rings (SSSR count). The van der Waals surface area contributed by atoms with Gasteiger partial charge in [-0.25, -0.2) is 0 Å². The van der Waals surface area contributed by atoms with Gasteiger partial charge < -0.3 is 14.5 Å². The van der Waals surface area contributed by atoms with Crippen molar-refractivity contribution in [3.05, 3.63) is 59.9 Å². The van der Waals surface area contributed by atoms with E-state index in [4.69, 9.17) is 9.15 Å². The molecule has 1 aromatic heterocycles. The van der Waals surface area contributed by atoms with Crippen molar-refractivity contribution in [1.29, 1.82) is 0 Å². The smallest absolute Gasteiger partial charge is 0.134 e. The van der Waals surface area contributed by atoms with Crippen LogP contribution in [0.15, 0.2) is 52.9 Å². The molecule has 3 heteroatoms. The molecule has 21 heavy (non-hydrogen) atoms. The monoisotopic (exact) mass is 281 g/mol. The predicted octanol–water partition coefficient (Wildman–Crippen LogP) is 4.92. The summed E-state index contributed by atoms with van der Waals surface area (Å²) in [6, 6.07) is 16.3. The molecule has 1 heterocycles. The second-order valence-corrected chi connectivity index (χ2v) is 5.23. The summed E-state index contributed by atoms with van der Waals surface area (Å²) in [5.74, 6) is 1.81. The highest BCUT2D eigenvalue weighted by molar-refractivity contribution is 5.78. The maximum absolute atomic E-state index is 5.90. The van der Waals surface area contributed by atoms with Gasteiger partial charge in [0, 0.05) is 11.1 Å². The van der Waals surface area contributed by atoms with Crippen LogP contribution in [0.3, 0.4) is 0 Å². The van der Waals surface area contributed by atoms with E-state index in [1.807, 2.05) is 36.4 Å². The molecule has 0 aliphatic rings. The fourth-order valence-corrected chi connectivity index (χ4v) is 2.45. The predicted molar refractivity (Wildman–Crippen MR) is 86.0 cm³/mol. The minimum atomic E-state index is 0.101. The second-order valence-electron chi connectivity index (χ2n) is 5.23. The Bertz CT molecular complexity index is 728. The summed E-state index contributed by atoms with van der Waals surface area (Å²) in [6.45, 7) is 4.16. The lowest BCUT2D eigenvalue weighted by Gasteiger charge is -2.15. The molecule has 0 saturated carbocycles. The van der Waals surface area contributed by atoms with Gasteiger partial charge in [0.2, 0.25) is 0 Å². The Hall–Kier alpha value is -2.42. The molecule has 0 amide bonds.